The van der Waals surface area contributed by atoms with E-state index in [2.05, 4.69) is 36.3 Å². The molecule has 1 aliphatic rings. The zero-order valence-electron chi connectivity index (χ0n) is 20.6. The lowest BCUT2D eigenvalue weighted by atomic mass is 10.0. The number of hydrogen-bond acceptors (Lipinski definition) is 8. The lowest BCUT2D eigenvalue weighted by molar-refractivity contribution is -0.120. The first kappa shape index (κ1) is 25.6. The smallest absolute Gasteiger partial charge is 0.229 e. The van der Waals surface area contributed by atoms with Crippen LogP contribution in [0.4, 0.5) is 17.5 Å². The molecule has 1 saturated heterocycles. The van der Waals surface area contributed by atoms with Crippen molar-refractivity contribution < 1.29 is 4.79 Å². The molecule has 0 saturated carbocycles. The van der Waals surface area contributed by atoms with E-state index in [-0.39, 0.29) is 11.9 Å². The molecule has 1 aliphatic heterocycles. The van der Waals surface area contributed by atoms with E-state index >= 15 is 0 Å². The summed E-state index contributed by atoms with van der Waals surface area (Å²) in [4.78, 5) is 29.7. The van der Waals surface area contributed by atoms with Crippen LogP contribution >= 0.6 is 23.2 Å². The van der Waals surface area contributed by atoms with Crippen LogP contribution in [-0.4, -0.2) is 62.2 Å². The van der Waals surface area contributed by atoms with Gasteiger partial charge in [0, 0.05) is 30.8 Å². The van der Waals surface area contributed by atoms with Gasteiger partial charge >= 0.3 is 0 Å². The van der Waals surface area contributed by atoms with Crippen LogP contribution in [0.2, 0.25) is 10.0 Å². The average Bonchev–Trinajstić information content (AvgIpc) is 3.40. The SMILES string of the molecule is CN(C)[C@H]1CCN(c2ccc(Nc3ncc(Cl)c(-c4cnn(-c5ccc(C#N)cc5Cl)c4)n3)cn2)C(=O)C1. The molecule has 10 nitrogen and oxygen atoms in total. The van der Waals surface area contributed by atoms with E-state index in [4.69, 9.17) is 28.5 Å². The third-order valence-corrected chi connectivity index (χ3v) is 6.91. The van der Waals surface area contributed by atoms with E-state index in [0.29, 0.717) is 63.0 Å². The predicted molar refractivity (Wildman–Crippen MR) is 146 cm³/mol. The van der Waals surface area contributed by atoms with Crippen molar-refractivity contribution in [3.8, 4) is 23.0 Å². The minimum Gasteiger partial charge on any atom is -0.323 e. The Kier molecular flexibility index (Phi) is 7.24. The maximum atomic E-state index is 12.6. The number of halogens is 2. The largest absolute Gasteiger partial charge is 0.323 e. The standard InChI is InChI=1S/C26H23Cl2N9O/c1-35(2)19-7-8-36(24(38)10-19)23-6-4-18(13-30-23)33-26-31-14-21(28)25(34-26)17-12-32-37(15-17)22-5-3-16(11-29)9-20(22)27/h3-6,9,12-15,19H,7-8,10H2,1-2H3,(H,31,33,34)/t19-/m0/s1. The molecule has 4 heterocycles. The van der Waals surface area contributed by atoms with Gasteiger partial charge < -0.3 is 10.2 Å². The molecule has 1 aromatic carbocycles. The Labute approximate surface area is 229 Å². The normalized spacial score (nSPS) is 15.5. The zero-order chi connectivity index (χ0) is 26.8. The molecule has 38 heavy (non-hydrogen) atoms. The lowest BCUT2D eigenvalue weighted by Crippen LogP contribution is -2.45. The Hall–Kier alpha value is -4.04. The monoisotopic (exact) mass is 547 g/mol. The van der Waals surface area contributed by atoms with Crippen LogP contribution in [0.25, 0.3) is 16.9 Å². The van der Waals surface area contributed by atoms with Crippen LogP contribution in [-0.2, 0) is 4.79 Å². The number of benzene rings is 1. The molecule has 12 heteroatoms. The van der Waals surface area contributed by atoms with Gasteiger partial charge in [-0.05, 0) is 50.8 Å². The van der Waals surface area contributed by atoms with E-state index in [1.807, 2.05) is 20.2 Å². The van der Waals surface area contributed by atoms with Gasteiger partial charge in [-0.2, -0.15) is 10.4 Å². The number of nitriles is 1. The quantitative estimate of drug-likeness (QED) is 0.369. The highest BCUT2D eigenvalue weighted by molar-refractivity contribution is 6.33. The molecule has 1 amide bonds. The number of amides is 1. The minimum absolute atomic E-state index is 0.0664. The first-order valence-corrected chi connectivity index (χ1v) is 12.6. The maximum absolute atomic E-state index is 12.6. The minimum atomic E-state index is 0.0664. The van der Waals surface area contributed by atoms with E-state index in [1.54, 1.807) is 52.4 Å². The molecule has 0 radical (unpaired) electrons. The van der Waals surface area contributed by atoms with Crippen molar-refractivity contribution in [1.82, 2.24) is 29.6 Å². The number of anilines is 3. The number of piperidine rings is 1. The number of carbonyl (C=O) groups is 1. The van der Waals surface area contributed by atoms with Crippen molar-refractivity contribution >= 4 is 46.6 Å². The predicted octanol–water partition coefficient (Wildman–Crippen LogP) is 4.70. The number of aromatic nitrogens is 5. The molecular formula is C26H23Cl2N9O. The molecule has 0 aliphatic carbocycles. The summed E-state index contributed by atoms with van der Waals surface area (Å²) in [5.41, 5.74) is 2.89. The van der Waals surface area contributed by atoms with Crippen LogP contribution < -0.4 is 10.2 Å². The van der Waals surface area contributed by atoms with Crippen LogP contribution in [0.15, 0.2) is 55.1 Å². The van der Waals surface area contributed by atoms with Crippen LogP contribution in [0.3, 0.4) is 0 Å². The molecule has 0 spiro atoms. The Balaban J connectivity index is 1.32. The van der Waals surface area contributed by atoms with Crippen molar-refractivity contribution in [2.24, 2.45) is 0 Å². The topological polar surface area (TPSA) is 116 Å². The van der Waals surface area contributed by atoms with Crippen LogP contribution in [0.5, 0.6) is 0 Å². The van der Waals surface area contributed by atoms with Gasteiger partial charge in [0.2, 0.25) is 11.9 Å². The van der Waals surface area contributed by atoms with E-state index in [1.165, 1.54) is 6.20 Å². The summed E-state index contributed by atoms with van der Waals surface area (Å²) in [6.07, 6.45) is 7.90. The molecule has 4 aromatic rings. The highest BCUT2D eigenvalue weighted by Crippen LogP contribution is 2.29. The molecule has 0 unspecified atom stereocenters. The zero-order valence-corrected chi connectivity index (χ0v) is 22.1. The Bertz CT molecular complexity index is 1530. The van der Waals surface area contributed by atoms with Gasteiger partial charge in [-0.25, -0.2) is 19.6 Å². The number of pyridine rings is 1. The van der Waals surface area contributed by atoms with Crippen molar-refractivity contribution in [2.45, 2.75) is 18.9 Å². The number of carbonyl (C=O) groups excluding carboxylic acids is 1. The maximum Gasteiger partial charge on any atom is 0.229 e. The Morgan fingerprint density at radius 3 is 2.63 bits per heavy atom. The molecule has 5 rings (SSSR count). The highest BCUT2D eigenvalue weighted by Gasteiger charge is 2.28. The van der Waals surface area contributed by atoms with Gasteiger partial charge in [0.25, 0.3) is 0 Å². The van der Waals surface area contributed by atoms with Crippen molar-refractivity contribution in [3.63, 3.8) is 0 Å². The first-order valence-electron chi connectivity index (χ1n) is 11.8. The van der Waals surface area contributed by atoms with Gasteiger partial charge in [0.05, 0.1) is 57.3 Å². The van der Waals surface area contributed by atoms with Crippen LogP contribution in [0, 0.1) is 11.3 Å². The fourth-order valence-corrected chi connectivity index (χ4v) is 4.68. The third-order valence-electron chi connectivity index (χ3n) is 6.33. The summed E-state index contributed by atoms with van der Waals surface area (Å²) in [5, 5.41) is 17.3. The lowest BCUT2D eigenvalue weighted by Gasteiger charge is -2.34. The molecule has 192 valence electrons. The Morgan fingerprint density at radius 1 is 1.11 bits per heavy atom. The second-order valence-electron chi connectivity index (χ2n) is 9.03. The number of nitrogens with zero attached hydrogens (tertiary/aromatic N) is 8. The van der Waals surface area contributed by atoms with Gasteiger partial charge in [0.1, 0.15) is 5.82 Å². The second kappa shape index (κ2) is 10.8. The highest BCUT2D eigenvalue weighted by atomic mass is 35.5. The van der Waals surface area contributed by atoms with E-state index < -0.39 is 0 Å². The summed E-state index contributed by atoms with van der Waals surface area (Å²) < 4.78 is 1.59. The van der Waals surface area contributed by atoms with Crippen LogP contribution in [0.1, 0.15) is 18.4 Å². The number of rotatable bonds is 6. The van der Waals surface area contributed by atoms with E-state index in [0.717, 1.165) is 6.42 Å². The summed E-state index contributed by atoms with van der Waals surface area (Å²) in [5.74, 6) is 1.01. The molecule has 1 atom stereocenters. The summed E-state index contributed by atoms with van der Waals surface area (Å²) in [6, 6.07) is 10.9. The molecule has 0 bridgehead atoms. The molecule has 1 N–H and O–H groups in total. The van der Waals surface area contributed by atoms with Crippen molar-refractivity contribution in [2.75, 3.05) is 30.9 Å². The molecule has 1 fully saturated rings. The van der Waals surface area contributed by atoms with Gasteiger partial charge in [0.15, 0.2) is 0 Å². The Morgan fingerprint density at radius 2 is 1.95 bits per heavy atom. The van der Waals surface area contributed by atoms with Gasteiger partial charge in [-0.3, -0.25) is 9.69 Å². The van der Waals surface area contributed by atoms with Crippen molar-refractivity contribution in [1.29, 1.82) is 5.26 Å². The van der Waals surface area contributed by atoms with Gasteiger partial charge in [-0.15, -0.1) is 0 Å². The first-order chi connectivity index (χ1) is 18.3. The average molecular weight is 548 g/mol. The summed E-state index contributed by atoms with van der Waals surface area (Å²) in [6.45, 7) is 0.631. The molecule has 3 aromatic heterocycles. The fraction of sp³-hybridized carbons (Fsp3) is 0.231. The van der Waals surface area contributed by atoms with Gasteiger partial charge in [-0.1, -0.05) is 23.2 Å². The summed E-state index contributed by atoms with van der Waals surface area (Å²) >= 11 is 12.7. The fourth-order valence-electron chi connectivity index (χ4n) is 4.22. The second-order valence-corrected chi connectivity index (χ2v) is 9.84. The van der Waals surface area contributed by atoms with E-state index in [9.17, 15) is 4.79 Å². The number of nitrogens with one attached hydrogen (secondary N) is 1. The molecular weight excluding hydrogens is 525 g/mol. The summed E-state index contributed by atoms with van der Waals surface area (Å²) in [7, 11) is 3.99. The van der Waals surface area contributed by atoms with Crippen molar-refractivity contribution in [3.05, 3.63) is 70.7 Å². The number of hydrogen-bond donors (Lipinski definition) is 1. The third kappa shape index (κ3) is 5.31.